The summed E-state index contributed by atoms with van der Waals surface area (Å²) in [5.74, 6) is 2.85. The standard InChI is InChI=1S/C21H27NO3S/c1-15-5-6-18(13-16(15)2)17(3)22-21(23)14-26-12-11-25-20-9-7-19(24-4)8-10-20/h5-10,13,17H,11-12,14H2,1-4H3,(H,22,23). The smallest absolute Gasteiger partial charge is 0.230 e. The zero-order valence-electron chi connectivity index (χ0n) is 15.9. The molecule has 1 unspecified atom stereocenters. The maximum Gasteiger partial charge on any atom is 0.230 e. The minimum atomic E-state index is 0.0120. The largest absolute Gasteiger partial charge is 0.497 e. The Balaban J connectivity index is 1.65. The molecule has 0 aromatic heterocycles. The summed E-state index contributed by atoms with van der Waals surface area (Å²) in [6.07, 6.45) is 0. The molecular formula is C21H27NO3S. The van der Waals surface area contributed by atoms with Crippen molar-refractivity contribution in [3.05, 3.63) is 59.2 Å². The van der Waals surface area contributed by atoms with E-state index in [0.717, 1.165) is 22.8 Å². The van der Waals surface area contributed by atoms with Crippen LogP contribution in [0.25, 0.3) is 0 Å². The lowest BCUT2D eigenvalue weighted by Crippen LogP contribution is -2.28. The van der Waals surface area contributed by atoms with Crippen molar-refractivity contribution in [1.29, 1.82) is 0 Å². The molecule has 0 heterocycles. The summed E-state index contributed by atoms with van der Waals surface area (Å²) in [6, 6.07) is 13.8. The summed E-state index contributed by atoms with van der Waals surface area (Å²) in [4.78, 5) is 12.1. The SMILES string of the molecule is COc1ccc(OCCSCC(=O)NC(C)c2ccc(C)c(C)c2)cc1. The van der Waals surface area contributed by atoms with Gasteiger partial charge in [-0.3, -0.25) is 4.79 Å². The van der Waals surface area contributed by atoms with E-state index in [9.17, 15) is 4.79 Å². The third kappa shape index (κ3) is 6.30. The van der Waals surface area contributed by atoms with Gasteiger partial charge in [-0.1, -0.05) is 18.2 Å². The van der Waals surface area contributed by atoms with Gasteiger partial charge < -0.3 is 14.8 Å². The Morgan fingerprint density at radius 2 is 1.77 bits per heavy atom. The summed E-state index contributed by atoms with van der Waals surface area (Å²) in [6.45, 7) is 6.76. The van der Waals surface area contributed by atoms with E-state index in [0.29, 0.717) is 12.4 Å². The molecule has 1 N–H and O–H groups in total. The lowest BCUT2D eigenvalue weighted by molar-refractivity contribution is -0.119. The molecule has 0 saturated carbocycles. The first-order valence-electron chi connectivity index (χ1n) is 8.70. The van der Waals surface area contributed by atoms with Crippen molar-refractivity contribution < 1.29 is 14.3 Å². The third-order valence-electron chi connectivity index (χ3n) is 4.20. The summed E-state index contributed by atoms with van der Waals surface area (Å²) < 4.78 is 10.8. The molecule has 140 valence electrons. The summed E-state index contributed by atoms with van der Waals surface area (Å²) in [5.41, 5.74) is 3.64. The quantitative estimate of drug-likeness (QED) is 0.666. The van der Waals surface area contributed by atoms with Gasteiger partial charge in [0.2, 0.25) is 5.91 Å². The van der Waals surface area contributed by atoms with Crippen LogP contribution in [0, 0.1) is 13.8 Å². The lowest BCUT2D eigenvalue weighted by Gasteiger charge is -2.15. The van der Waals surface area contributed by atoms with Crippen molar-refractivity contribution in [3.63, 3.8) is 0 Å². The third-order valence-corrected chi connectivity index (χ3v) is 5.12. The number of aryl methyl sites for hydroxylation is 2. The minimum Gasteiger partial charge on any atom is -0.497 e. The van der Waals surface area contributed by atoms with Crippen LogP contribution in [0.2, 0.25) is 0 Å². The molecule has 2 aromatic rings. The highest BCUT2D eigenvalue weighted by molar-refractivity contribution is 7.99. The molecule has 0 aliphatic heterocycles. The number of carbonyl (C=O) groups excluding carboxylic acids is 1. The first-order chi connectivity index (χ1) is 12.5. The normalized spacial score (nSPS) is 11.7. The highest BCUT2D eigenvalue weighted by Crippen LogP contribution is 2.18. The average molecular weight is 374 g/mol. The van der Waals surface area contributed by atoms with E-state index in [2.05, 4.69) is 37.4 Å². The van der Waals surface area contributed by atoms with E-state index < -0.39 is 0 Å². The second kappa shape index (κ2) is 10.1. The molecule has 1 amide bonds. The molecule has 0 saturated heterocycles. The predicted molar refractivity (Wildman–Crippen MR) is 108 cm³/mol. The first kappa shape index (κ1) is 20.2. The molecule has 0 spiro atoms. The van der Waals surface area contributed by atoms with Crippen molar-refractivity contribution in [3.8, 4) is 11.5 Å². The number of ether oxygens (including phenoxy) is 2. The summed E-state index contributed by atoms with van der Waals surface area (Å²) in [7, 11) is 1.64. The monoisotopic (exact) mass is 373 g/mol. The molecule has 5 heteroatoms. The van der Waals surface area contributed by atoms with Gasteiger partial charge in [0, 0.05) is 5.75 Å². The molecule has 4 nitrogen and oxygen atoms in total. The van der Waals surface area contributed by atoms with Crippen LogP contribution in [0.4, 0.5) is 0 Å². The van der Waals surface area contributed by atoms with E-state index >= 15 is 0 Å². The Labute approximate surface area is 160 Å². The van der Waals surface area contributed by atoms with Gasteiger partial charge in [0.05, 0.1) is 25.5 Å². The number of hydrogen-bond donors (Lipinski definition) is 1. The summed E-state index contributed by atoms with van der Waals surface area (Å²) in [5, 5.41) is 3.05. The van der Waals surface area contributed by atoms with Gasteiger partial charge in [0.25, 0.3) is 0 Å². The van der Waals surface area contributed by atoms with Crippen LogP contribution in [0.5, 0.6) is 11.5 Å². The van der Waals surface area contributed by atoms with Gasteiger partial charge in [-0.25, -0.2) is 0 Å². The van der Waals surface area contributed by atoms with Crippen molar-refractivity contribution in [2.24, 2.45) is 0 Å². The lowest BCUT2D eigenvalue weighted by atomic mass is 10.0. The Morgan fingerprint density at radius 3 is 2.42 bits per heavy atom. The number of methoxy groups -OCH3 is 1. The van der Waals surface area contributed by atoms with E-state index in [-0.39, 0.29) is 11.9 Å². The van der Waals surface area contributed by atoms with Gasteiger partial charge in [-0.2, -0.15) is 0 Å². The number of carbonyl (C=O) groups is 1. The Bertz CT molecular complexity index is 716. The topological polar surface area (TPSA) is 47.6 Å². The zero-order valence-corrected chi connectivity index (χ0v) is 16.7. The van der Waals surface area contributed by atoms with Crippen molar-refractivity contribution >= 4 is 17.7 Å². The number of thioether (sulfide) groups is 1. The molecule has 2 rings (SSSR count). The van der Waals surface area contributed by atoms with Gasteiger partial charge in [0.1, 0.15) is 11.5 Å². The van der Waals surface area contributed by atoms with E-state index in [1.54, 1.807) is 18.9 Å². The highest BCUT2D eigenvalue weighted by Gasteiger charge is 2.10. The van der Waals surface area contributed by atoms with Crippen LogP contribution in [0.15, 0.2) is 42.5 Å². The van der Waals surface area contributed by atoms with Crippen molar-refractivity contribution in [1.82, 2.24) is 5.32 Å². The fourth-order valence-corrected chi connectivity index (χ4v) is 3.07. The maximum absolute atomic E-state index is 12.1. The zero-order chi connectivity index (χ0) is 18.9. The van der Waals surface area contributed by atoms with Gasteiger partial charge in [-0.05, 0) is 61.7 Å². The molecule has 26 heavy (non-hydrogen) atoms. The minimum absolute atomic E-state index is 0.0120. The Hall–Kier alpha value is -2.14. The van der Waals surface area contributed by atoms with Crippen LogP contribution in [-0.4, -0.2) is 31.1 Å². The average Bonchev–Trinajstić information content (AvgIpc) is 2.64. The van der Waals surface area contributed by atoms with Crippen LogP contribution in [0.3, 0.4) is 0 Å². The van der Waals surface area contributed by atoms with Gasteiger partial charge in [-0.15, -0.1) is 11.8 Å². The molecule has 0 aliphatic carbocycles. The Morgan fingerprint density at radius 1 is 1.08 bits per heavy atom. The van der Waals surface area contributed by atoms with Crippen LogP contribution < -0.4 is 14.8 Å². The van der Waals surface area contributed by atoms with Crippen molar-refractivity contribution in [2.45, 2.75) is 26.8 Å². The Kier molecular flexibility index (Phi) is 7.85. The summed E-state index contributed by atoms with van der Waals surface area (Å²) >= 11 is 1.57. The fraction of sp³-hybridized carbons (Fsp3) is 0.381. The molecule has 0 radical (unpaired) electrons. The first-order valence-corrected chi connectivity index (χ1v) is 9.86. The van der Waals surface area contributed by atoms with E-state index in [1.165, 1.54) is 11.1 Å². The number of rotatable bonds is 9. The van der Waals surface area contributed by atoms with E-state index in [4.69, 9.17) is 9.47 Å². The van der Waals surface area contributed by atoms with Gasteiger partial charge in [0.15, 0.2) is 0 Å². The van der Waals surface area contributed by atoms with Crippen LogP contribution in [-0.2, 0) is 4.79 Å². The molecular weight excluding hydrogens is 346 g/mol. The molecule has 0 aliphatic rings. The fourth-order valence-electron chi connectivity index (χ4n) is 2.46. The van der Waals surface area contributed by atoms with E-state index in [1.807, 2.05) is 31.2 Å². The molecule has 2 aromatic carbocycles. The molecule has 0 bridgehead atoms. The highest BCUT2D eigenvalue weighted by atomic mass is 32.2. The predicted octanol–water partition coefficient (Wildman–Crippen LogP) is 4.30. The second-order valence-electron chi connectivity index (χ2n) is 6.21. The molecule has 1 atom stereocenters. The maximum atomic E-state index is 12.1. The second-order valence-corrected chi connectivity index (χ2v) is 7.31. The van der Waals surface area contributed by atoms with Gasteiger partial charge >= 0.3 is 0 Å². The van der Waals surface area contributed by atoms with Crippen LogP contribution in [0.1, 0.15) is 29.7 Å². The number of benzene rings is 2. The number of hydrogen-bond acceptors (Lipinski definition) is 4. The van der Waals surface area contributed by atoms with Crippen molar-refractivity contribution in [2.75, 3.05) is 25.2 Å². The molecule has 0 fully saturated rings. The number of amides is 1. The number of nitrogens with one attached hydrogen (secondary N) is 1. The van der Waals surface area contributed by atoms with Crippen LogP contribution >= 0.6 is 11.8 Å².